The fraction of sp³-hybridized carbons (Fsp3) is 0.263. The number of rotatable bonds is 6. The third kappa shape index (κ3) is 4.90. The van der Waals surface area contributed by atoms with Crippen molar-refractivity contribution in [3.63, 3.8) is 0 Å². The molecule has 5 heteroatoms. The summed E-state index contributed by atoms with van der Waals surface area (Å²) in [7, 11) is 3.92. The van der Waals surface area contributed by atoms with Crippen LogP contribution in [0.25, 0.3) is 0 Å². The molecule has 0 aliphatic heterocycles. The fourth-order valence-electron chi connectivity index (χ4n) is 2.38. The minimum absolute atomic E-state index is 0.230. The number of nitrogens with zero attached hydrogens (tertiary/aromatic N) is 2. The van der Waals surface area contributed by atoms with Crippen LogP contribution in [0.3, 0.4) is 0 Å². The van der Waals surface area contributed by atoms with E-state index in [-0.39, 0.29) is 17.8 Å². The summed E-state index contributed by atoms with van der Waals surface area (Å²) in [4.78, 5) is 14.5. The van der Waals surface area contributed by atoms with Crippen molar-refractivity contribution in [3.05, 3.63) is 71.0 Å². The van der Waals surface area contributed by atoms with Gasteiger partial charge in [0.1, 0.15) is 5.82 Å². The average Bonchev–Trinajstić information content (AvgIpc) is 2.59. The summed E-state index contributed by atoms with van der Waals surface area (Å²) in [6.45, 7) is 0.778. The Labute approximate surface area is 141 Å². The molecule has 0 bridgehead atoms. The lowest BCUT2D eigenvalue weighted by atomic mass is 10.0. The highest BCUT2D eigenvalue weighted by Gasteiger charge is 2.16. The molecule has 1 unspecified atom stereocenters. The molecule has 1 amide bonds. The van der Waals surface area contributed by atoms with Crippen molar-refractivity contribution in [2.75, 3.05) is 20.6 Å². The summed E-state index contributed by atoms with van der Waals surface area (Å²) in [5.74, 6) is -0.557. The Balaban J connectivity index is 2.18. The van der Waals surface area contributed by atoms with E-state index in [1.807, 2.05) is 25.1 Å². The van der Waals surface area contributed by atoms with Crippen LogP contribution in [-0.2, 0) is 0 Å². The lowest BCUT2D eigenvalue weighted by Crippen LogP contribution is -2.31. The Morgan fingerprint density at radius 3 is 2.58 bits per heavy atom. The Kier molecular flexibility index (Phi) is 6.05. The number of nitriles is 1. The predicted octanol–water partition coefficient (Wildman–Crippen LogP) is 3.12. The van der Waals surface area contributed by atoms with Crippen LogP contribution >= 0.6 is 0 Å². The van der Waals surface area contributed by atoms with E-state index in [0.717, 1.165) is 12.1 Å². The van der Waals surface area contributed by atoms with E-state index in [0.29, 0.717) is 17.5 Å². The van der Waals surface area contributed by atoms with Crippen LogP contribution < -0.4 is 5.32 Å². The molecule has 0 heterocycles. The maximum Gasteiger partial charge on any atom is 0.251 e. The van der Waals surface area contributed by atoms with Gasteiger partial charge in [-0.25, -0.2) is 4.39 Å². The summed E-state index contributed by atoms with van der Waals surface area (Å²) in [6.07, 6.45) is 0.697. The standard InChI is InChI=1S/C19H20FN3O/c1-23(2)11-10-18(15-6-8-17(20)9-7-15)22-19(24)16-5-3-4-14(12-16)13-21/h3-9,12,18H,10-11H2,1-2H3,(H,22,24). The van der Waals surface area contributed by atoms with Crippen molar-refractivity contribution in [1.82, 2.24) is 10.2 Å². The first kappa shape index (κ1) is 17.6. The number of carbonyl (C=O) groups is 1. The number of halogens is 1. The van der Waals surface area contributed by atoms with Crippen LogP contribution in [0.4, 0.5) is 4.39 Å². The summed E-state index contributed by atoms with van der Waals surface area (Å²) < 4.78 is 13.1. The van der Waals surface area contributed by atoms with Crippen LogP contribution in [0.5, 0.6) is 0 Å². The number of hydrogen-bond acceptors (Lipinski definition) is 3. The number of amides is 1. The first-order valence-electron chi connectivity index (χ1n) is 7.71. The SMILES string of the molecule is CN(C)CCC(NC(=O)c1cccc(C#N)c1)c1ccc(F)cc1. The minimum atomic E-state index is -0.307. The summed E-state index contributed by atoms with van der Waals surface area (Å²) >= 11 is 0. The van der Waals surface area contributed by atoms with Crippen molar-refractivity contribution >= 4 is 5.91 Å². The number of carbonyl (C=O) groups excluding carboxylic acids is 1. The Bertz CT molecular complexity index is 735. The lowest BCUT2D eigenvalue weighted by molar-refractivity contribution is 0.0932. The van der Waals surface area contributed by atoms with E-state index in [4.69, 9.17) is 5.26 Å². The van der Waals surface area contributed by atoms with E-state index in [1.54, 1.807) is 36.4 Å². The maximum atomic E-state index is 13.1. The van der Waals surface area contributed by atoms with Gasteiger partial charge in [-0.3, -0.25) is 4.79 Å². The second kappa shape index (κ2) is 8.23. The molecule has 2 aromatic rings. The van der Waals surface area contributed by atoms with E-state index >= 15 is 0 Å². The van der Waals surface area contributed by atoms with Gasteiger partial charge in [-0.2, -0.15) is 5.26 Å². The molecule has 2 aromatic carbocycles. The van der Waals surface area contributed by atoms with E-state index < -0.39 is 0 Å². The molecule has 2 rings (SSSR count). The van der Waals surface area contributed by atoms with Gasteiger partial charge in [0.05, 0.1) is 17.7 Å². The van der Waals surface area contributed by atoms with Gasteiger partial charge in [0.25, 0.3) is 5.91 Å². The van der Waals surface area contributed by atoms with Gasteiger partial charge in [0.15, 0.2) is 0 Å². The second-order valence-corrected chi connectivity index (χ2v) is 5.86. The second-order valence-electron chi connectivity index (χ2n) is 5.86. The van der Waals surface area contributed by atoms with Gasteiger partial charge in [0, 0.05) is 5.56 Å². The zero-order chi connectivity index (χ0) is 17.5. The molecule has 0 fully saturated rings. The number of hydrogen-bond donors (Lipinski definition) is 1. The van der Waals surface area contributed by atoms with Crippen molar-refractivity contribution in [3.8, 4) is 6.07 Å². The summed E-state index contributed by atoms with van der Waals surface area (Å²) in [6, 6.07) is 14.5. The zero-order valence-electron chi connectivity index (χ0n) is 13.8. The van der Waals surface area contributed by atoms with Gasteiger partial charge < -0.3 is 10.2 Å². The van der Waals surface area contributed by atoms with Crippen LogP contribution in [0.15, 0.2) is 48.5 Å². The Hall–Kier alpha value is -2.71. The zero-order valence-corrected chi connectivity index (χ0v) is 13.8. The molecule has 0 saturated carbocycles. The quantitative estimate of drug-likeness (QED) is 0.888. The summed E-state index contributed by atoms with van der Waals surface area (Å²) in [5, 5.41) is 11.9. The number of benzene rings is 2. The molecule has 1 atom stereocenters. The Morgan fingerprint density at radius 2 is 1.96 bits per heavy atom. The molecule has 4 nitrogen and oxygen atoms in total. The number of nitrogens with one attached hydrogen (secondary N) is 1. The van der Waals surface area contributed by atoms with E-state index in [1.165, 1.54) is 12.1 Å². The highest BCUT2D eigenvalue weighted by atomic mass is 19.1. The average molecular weight is 325 g/mol. The van der Waals surface area contributed by atoms with Crippen LogP contribution in [0.2, 0.25) is 0 Å². The topological polar surface area (TPSA) is 56.1 Å². The molecule has 0 aliphatic carbocycles. The normalized spacial score (nSPS) is 11.8. The third-order valence-corrected chi connectivity index (χ3v) is 3.70. The molecule has 0 radical (unpaired) electrons. The molecule has 0 spiro atoms. The molecule has 1 N–H and O–H groups in total. The van der Waals surface area contributed by atoms with Gasteiger partial charge in [0.2, 0.25) is 0 Å². The van der Waals surface area contributed by atoms with Crippen molar-refractivity contribution in [1.29, 1.82) is 5.26 Å². The van der Waals surface area contributed by atoms with Gasteiger partial charge >= 0.3 is 0 Å². The van der Waals surface area contributed by atoms with Crippen LogP contribution in [0, 0.1) is 17.1 Å². The largest absolute Gasteiger partial charge is 0.345 e. The molecule has 0 saturated heterocycles. The molecular formula is C19H20FN3O. The Morgan fingerprint density at radius 1 is 1.25 bits per heavy atom. The monoisotopic (exact) mass is 325 g/mol. The predicted molar refractivity (Wildman–Crippen MR) is 90.9 cm³/mol. The molecule has 0 aliphatic rings. The van der Waals surface area contributed by atoms with E-state index in [9.17, 15) is 9.18 Å². The molecular weight excluding hydrogens is 305 g/mol. The van der Waals surface area contributed by atoms with Crippen molar-refractivity contribution in [2.45, 2.75) is 12.5 Å². The van der Waals surface area contributed by atoms with Gasteiger partial charge in [-0.05, 0) is 63.0 Å². The van der Waals surface area contributed by atoms with E-state index in [2.05, 4.69) is 5.32 Å². The van der Waals surface area contributed by atoms with Gasteiger partial charge in [-0.15, -0.1) is 0 Å². The molecule has 0 aromatic heterocycles. The molecule has 124 valence electrons. The van der Waals surface area contributed by atoms with Crippen LogP contribution in [0.1, 0.15) is 33.9 Å². The minimum Gasteiger partial charge on any atom is -0.345 e. The highest BCUT2D eigenvalue weighted by molar-refractivity contribution is 5.94. The first-order valence-corrected chi connectivity index (χ1v) is 7.71. The van der Waals surface area contributed by atoms with Crippen molar-refractivity contribution < 1.29 is 9.18 Å². The fourth-order valence-corrected chi connectivity index (χ4v) is 2.38. The van der Waals surface area contributed by atoms with Crippen LogP contribution in [-0.4, -0.2) is 31.4 Å². The summed E-state index contributed by atoms with van der Waals surface area (Å²) in [5.41, 5.74) is 1.73. The smallest absolute Gasteiger partial charge is 0.251 e. The first-order chi connectivity index (χ1) is 11.5. The lowest BCUT2D eigenvalue weighted by Gasteiger charge is -2.21. The molecule has 24 heavy (non-hydrogen) atoms. The highest BCUT2D eigenvalue weighted by Crippen LogP contribution is 2.19. The maximum absolute atomic E-state index is 13.1. The van der Waals surface area contributed by atoms with Gasteiger partial charge in [-0.1, -0.05) is 18.2 Å². The van der Waals surface area contributed by atoms with Crippen molar-refractivity contribution in [2.24, 2.45) is 0 Å². The third-order valence-electron chi connectivity index (χ3n) is 3.70.